The predicted molar refractivity (Wildman–Crippen MR) is 46.7 cm³/mol. The van der Waals surface area contributed by atoms with Gasteiger partial charge < -0.3 is 4.74 Å². The Kier molecular flexibility index (Phi) is 2.99. The lowest BCUT2D eigenvalue weighted by molar-refractivity contribution is -0.117. The summed E-state index contributed by atoms with van der Waals surface area (Å²) in [6.45, 7) is 0. The van der Waals surface area contributed by atoms with Gasteiger partial charge in [0.05, 0.1) is 16.4 Å². The molecule has 0 amide bonds. The largest absolute Gasteiger partial charge is 0.368 e. The Hall–Kier alpha value is -0.680. The van der Waals surface area contributed by atoms with E-state index in [2.05, 4.69) is 21.0 Å². The third-order valence-corrected chi connectivity index (χ3v) is 2.20. The second kappa shape index (κ2) is 3.82. The molecule has 0 fully saturated rings. The van der Waals surface area contributed by atoms with Crippen LogP contribution >= 0.6 is 15.9 Å². The maximum Gasteiger partial charge on any atom is 0.155 e. The van der Waals surface area contributed by atoms with Crippen molar-refractivity contribution < 1.29 is 9.53 Å². The second-order valence-electron chi connectivity index (χ2n) is 2.29. The summed E-state index contributed by atoms with van der Waals surface area (Å²) in [5, 5.41) is 3.96. The number of rotatable bonds is 3. The number of aldehydes is 1. The van der Waals surface area contributed by atoms with Gasteiger partial charge in [-0.2, -0.15) is 5.10 Å². The molecule has 0 bridgehead atoms. The van der Waals surface area contributed by atoms with E-state index in [1.54, 1.807) is 17.9 Å². The highest BCUT2D eigenvalue weighted by atomic mass is 79.9. The van der Waals surface area contributed by atoms with E-state index in [0.717, 1.165) is 16.5 Å². The molecule has 0 spiro atoms. The highest BCUT2D eigenvalue weighted by molar-refractivity contribution is 9.10. The molecule has 0 aliphatic rings. The van der Waals surface area contributed by atoms with Gasteiger partial charge in [0.15, 0.2) is 12.4 Å². The standard InChI is InChI=1S/C7H9BrN2O2/c1-10-7(5(8)3-9-10)6(4-11)12-2/h3-4,6H,1-2H3. The summed E-state index contributed by atoms with van der Waals surface area (Å²) in [4.78, 5) is 10.6. The highest BCUT2D eigenvalue weighted by Crippen LogP contribution is 2.22. The first kappa shape index (κ1) is 9.41. The average molecular weight is 233 g/mol. The molecular weight excluding hydrogens is 224 g/mol. The summed E-state index contributed by atoms with van der Waals surface area (Å²) in [5.74, 6) is 0. The normalized spacial score (nSPS) is 12.9. The minimum atomic E-state index is -0.549. The number of aromatic nitrogens is 2. The maximum atomic E-state index is 10.6. The Morgan fingerprint density at radius 2 is 2.50 bits per heavy atom. The fourth-order valence-corrected chi connectivity index (χ4v) is 1.55. The van der Waals surface area contributed by atoms with Crippen LogP contribution in [0.15, 0.2) is 10.7 Å². The Morgan fingerprint density at radius 3 is 2.83 bits per heavy atom. The molecule has 1 unspecified atom stereocenters. The van der Waals surface area contributed by atoms with E-state index in [9.17, 15) is 4.79 Å². The summed E-state index contributed by atoms with van der Waals surface area (Å²) in [7, 11) is 3.24. The van der Waals surface area contributed by atoms with Crippen LogP contribution in [0.5, 0.6) is 0 Å². The van der Waals surface area contributed by atoms with Gasteiger partial charge in [-0.1, -0.05) is 0 Å². The van der Waals surface area contributed by atoms with E-state index in [1.807, 2.05) is 0 Å². The van der Waals surface area contributed by atoms with E-state index in [1.165, 1.54) is 7.11 Å². The van der Waals surface area contributed by atoms with Gasteiger partial charge in [-0.3, -0.25) is 9.48 Å². The minimum absolute atomic E-state index is 0.549. The monoisotopic (exact) mass is 232 g/mol. The van der Waals surface area contributed by atoms with Crippen LogP contribution in [0.2, 0.25) is 0 Å². The molecule has 0 aromatic carbocycles. The lowest BCUT2D eigenvalue weighted by Gasteiger charge is -2.08. The second-order valence-corrected chi connectivity index (χ2v) is 3.15. The molecular formula is C7H9BrN2O2. The summed E-state index contributed by atoms with van der Waals surface area (Å²) in [6, 6.07) is 0. The van der Waals surface area contributed by atoms with Gasteiger partial charge in [0, 0.05) is 14.2 Å². The van der Waals surface area contributed by atoms with Crippen LogP contribution in [-0.4, -0.2) is 23.2 Å². The number of carbonyl (C=O) groups excluding carboxylic acids is 1. The average Bonchev–Trinajstić information content (AvgIpc) is 2.38. The number of hydrogen-bond donors (Lipinski definition) is 0. The number of halogens is 1. The molecule has 1 aromatic rings. The van der Waals surface area contributed by atoms with Crippen molar-refractivity contribution in [2.24, 2.45) is 7.05 Å². The Balaban J connectivity index is 3.06. The zero-order valence-electron chi connectivity index (χ0n) is 6.82. The van der Waals surface area contributed by atoms with Crippen molar-refractivity contribution >= 4 is 22.2 Å². The van der Waals surface area contributed by atoms with Crippen LogP contribution in [0.4, 0.5) is 0 Å². The van der Waals surface area contributed by atoms with Gasteiger partial charge in [0.25, 0.3) is 0 Å². The van der Waals surface area contributed by atoms with Gasteiger partial charge in [-0.15, -0.1) is 0 Å². The van der Waals surface area contributed by atoms with E-state index in [-0.39, 0.29) is 0 Å². The molecule has 0 saturated heterocycles. The molecule has 66 valence electrons. The van der Waals surface area contributed by atoms with Crippen molar-refractivity contribution in [3.8, 4) is 0 Å². The minimum Gasteiger partial charge on any atom is -0.368 e. The molecule has 1 rings (SSSR count). The van der Waals surface area contributed by atoms with Gasteiger partial charge in [0.2, 0.25) is 0 Å². The van der Waals surface area contributed by atoms with Gasteiger partial charge in [-0.25, -0.2) is 0 Å². The zero-order chi connectivity index (χ0) is 9.14. The third-order valence-electron chi connectivity index (χ3n) is 1.58. The number of methoxy groups -OCH3 is 1. The molecule has 0 N–H and O–H groups in total. The molecule has 4 nitrogen and oxygen atoms in total. The predicted octanol–water partition coefficient (Wildman–Crippen LogP) is 1.07. The van der Waals surface area contributed by atoms with Crippen molar-refractivity contribution in [2.75, 3.05) is 7.11 Å². The first-order valence-electron chi connectivity index (χ1n) is 3.36. The summed E-state index contributed by atoms with van der Waals surface area (Å²) < 4.78 is 7.33. The number of ether oxygens (including phenoxy) is 1. The van der Waals surface area contributed by atoms with Crippen molar-refractivity contribution in [3.05, 3.63) is 16.4 Å². The molecule has 1 atom stereocenters. The van der Waals surface area contributed by atoms with E-state index >= 15 is 0 Å². The molecule has 12 heavy (non-hydrogen) atoms. The molecule has 1 aromatic heterocycles. The van der Waals surface area contributed by atoms with E-state index in [0.29, 0.717) is 0 Å². The summed E-state index contributed by atoms with van der Waals surface area (Å²) in [6.07, 6.45) is 1.82. The SMILES string of the molecule is COC(C=O)c1c(Br)cnn1C. The summed E-state index contributed by atoms with van der Waals surface area (Å²) >= 11 is 3.28. The lowest BCUT2D eigenvalue weighted by Crippen LogP contribution is -2.09. The fraction of sp³-hybridized carbons (Fsp3) is 0.429. The lowest BCUT2D eigenvalue weighted by atomic mass is 10.3. The van der Waals surface area contributed by atoms with Crippen molar-refractivity contribution in [3.63, 3.8) is 0 Å². The number of carbonyl (C=O) groups is 1. The van der Waals surface area contributed by atoms with Gasteiger partial charge >= 0.3 is 0 Å². The van der Waals surface area contributed by atoms with Crippen LogP contribution in [0.1, 0.15) is 11.8 Å². The smallest absolute Gasteiger partial charge is 0.155 e. The van der Waals surface area contributed by atoms with Crippen LogP contribution in [0.25, 0.3) is 0 Å². The van der Waals surface area contributed by atoms with Crippen LogP contribution in [0, 0.1) is 0 Å². The van der Waals surface area contributed by atoms with E-state index in [4.69, 9.17) is 4.74 Å². The Bertz CT molecular complexity index is 265. The molecule has 0 saturated carbocycles. The quantitative estimate of drug-likeness (QED) is 0.733. The molecule has 0 radical (unpaired) electrons. The van der Waals surface area contributed by atoms with Gasteiger partial charge in [0.1, 0.15) is 0 Å². The zero-order valence-corrected chi connectivity index (χ0v) is 8.41. The Morgan fingerprint density at radius 1 is 1.83 bits per heavy atom. The molecule has 0 aliphatic carbocycles. The van der Waals surface area contributed by atoms with Crippen molar-refractivity contribution in [1.29, 1.82) is 0 Å². The highest BCUT2D eigenvalue weighted by Gasteiger charge is 2.16. The molecule has 5 heteroatoms. The number of hydrogen-bond acceptors (Lipinski definition) is 3. The first-order chi connectivity index (χ1) is 5.70. The van der Waals surface area contributed by atoms with Crippen molar-refractivity contribution in [1.82, 2.24) is 9.78 Å². The molecule has 1 heterocycles. The van der Waals surface area contributed by atoms with Crippen LogP contribution < -0.4 is 0 Å². The van der Waals surface area contributed by atoms with Crippen LogP contribution in [-0.2, 0) is 16.6 Å². The Labute approximate surface area is 78.6 Å². The first-order valence-corrected chi connectivity index (χ1v) is 4.15. The summed E-state index contributed by atoms with van der Waals surface area (Å²) in [5.41, 5.74) is 0.729. The van der Waals surface area contributed by atoms with Crippen molar-refractivity contribution in [2.45, 2.75) is 6.10 Å². The number of aryl methyl sites for hydroxylation is 1. The van der Waals surface area contributed by atoms with Crippen LogP contribution in [0.3, 0.4) is 0 Å². The molecule has 0 aliphatic heterocycles. The number of nitrogens with zero attached hydrogens (tertiary/aromatic N) is 2. The maximum absolute atomic E-state index is 10.6. The van der Waals surface area contributed by atoms with Gasteiger partial charge in [-0.05, 0) is 15.9 Å². The third kappa shape index (κ3) is 1.56. The topological polar surface area (TPSA) is 44.1 Å². The van der Waals surface area contributed by atoms with E-state index < -0.39 is 6.10 Å². The fourth-order valence-electron chi connectivity index (χ4n) is 0.972.